The van der Waals surface area contributed by atoms with Crippen molar-refractivity contribution >= 4 is 5.69 Å². The Hall–Kier alpha value is -1.22. The number of hydrogen-bond acceptors (Lipinski definition) is 3. The molecule has 0 fully saturated rings. The van der Waals surface area contributed by atoms with E-state index in [2.05, 4.69) is 36.4 Å². The number of benzene rings is 1. The first-order chi connectivity index (χ1) is 7.20. The summed E-state index contributed by atoms with van der Waals surface area (Å²) in [4.78, 5) is 2.20. The van der Waals surface area contributed by atoms with E-state index in [1.807, 2.05) is 6.07 Å². The van der Waals surface area contributed by atoms with Crippen molar-refractivity contribution in [1.29, 1.82) is 0 Å². The van der Waals surface area contributed by atoms with Gasteiger partial charge in [-0.2, -0.15) is 0 Å². The molecule has 1 unspecified atom stereocenters. The summed E-state index contributed by atoms with van der Waals surface area (Å²) in [6, 6.07) is 6.73. The van der Waals surface area contributed by atoms with Crippen LogP contribution in [0.5, 0.6) is 5.75 Å². The van der Waals surface area contributed by atoms with E-state index in [0.29, 0.717) is 6.04 Å². The summed E-state index contributed by atoms with van der Waals surface area (Å²) in [6.07, 6.45) is 1.09. The lowest BCUT2D eigenvalue weighted by Crippen LogP contribution is -2.30. The standard InChI is InChI=1S/C12H18N2O/c1-14(2)8-10-7-9-5-4-6-11(15-3)12(9)13-10/h4-6,10,13H,7-8H2,1-3H3. The molecule has 0 saturated heterocycles. The number of likely N-dealkylation sites (N-methyl/N-ethyl adjacent to an activating group) is 1. The van der Waals surface area contributed by atoms with Crippen LogP contribution in [0.15, 0.2) is 18.2 Å². The molecule has 1 aromatic rings. The lowest BCUT2D eigenvalue weighted by Gasteiger charge is -2.17. The molecule has 0 spiro atoms. The van der Waals surface area contributed by atoms with E-state index in [-0.39, 0.29) is 0 Å². The van der Waals surface area contributed by atoms with Crippen molar-refractivity contribution in [3.05, 3.63) is 23.8 Å². The molecule has 15 heavy (non-hydrogen) atoms. The molecule has 82 valence electrons. The molecule has 0 aromatic heterocycles. The van der Waals surface area contributed by atoms with Crippen LogP contribution in [-0.4, -0.2) is 38.7 Å². The highest BCUT2D eigenvalue weighted by Gasteiger charge is 2.23. The van der Waals surface area contributed by atoms with Gasteiger partial charge in [0.05, 0.1) is 12.8 Å². The summed E-state index contributed by atoms with van der Waals surface area (Å²) in [5, 5.41) is 3.52. The van der Waals surface area contributed by atoms with E-state index in [4.69, 9.17) is 4.74 Å². The van der Waals surface area contributed by atoms with E-state index in [1.54, 1.807) is 7.11 Å². The summed E-state index contributed by atoms with van der Waals surface area (Å²) in [5.74, 6) is 0.953. The summed E-state index contributed by atoms with van der Waals surface area (Å²) < 4.78 is 5.33. The van der Waals surface area contributed by atoms with Gasteiger partial charge in [0.1, 0.15) is 5.75 Å². The zero-order valence-corrected chi connectivity index (χ0v) is 9.58. The van der Waals surface area contributed by atoms with Crippen LogP contribution in [0.4, 0.5) is 5.69 Å². The molecular weight excluding hydrogens is 188 g/mol. The van der Waals surface area contributed by atoms with Crippen molar-refractivity contribution in [2.75, 3.05) is 33.1 Å². The topological polar surface area (TPSA) is 24.5 Å². The van der Waals surface area contributed by atoms with Gasteiger partial charge in [-0.15, -0.1) is 0 Å². The maximum Gasteiger partial charge on any atom is 0.142 e. The molecule has 0 aliphatic carbocycles. The SMILES string of the molecule is COc1cccc2c1NC(CN(C)C)C2. The van der Waals surface area contributed by atoms with E-state index < -0.39 is 0 Å². The molecule has 1 N–H and O–H groups in total. The highest BCUT2D eigenvalue weighted by atomic mass is 16.5. The third-order valence-electron chi connectivity index (χ3n) is 2.73. The number of rotatable bonds is 3. The normalized spacial score (nSPS) is 18.8. The second-order valence-corrected chi connectivity index (χ2v) is 4.30. The van der Waals surface area contributed by atoms with E-state index in [1.165, 1.54) is 11.3 Å². The Morgan fingerprint density at radius 3 is 2.93 bits per heavy atom. The molecule has 1 atom stereocenters. The van der Waals surface area contributed by atoms with Gasteiger partial charge >= 0.3 is 0 Å². The number of nitrogens with one attached hydrogen (secondary N) is 1. The first-order valence-electron chi connectivity index (χ1n) is 5.28. The molecule has 1 aliphatic heterocycles. The molecule has 1 aromatic carbocycles. The van der Waals surface area contributed by atoms with Gasteiger partial charge in [-0.3, -0.25) is 0 Å². The number of para-hydroxylation sites is 1. The zero-order valence-electron chi connectivity index (χ0n) is 9.58. The Kier molecular flexibility index (Phi) is 2.82. The summed E-state index contributed by atoms with van der Waals surface area (Å²) in [6.45, 7) is 1.05. The number of methoxy groups -OCH3 is 1. The third kappa shape index (κ3) is 2.07. The van der Waals surface area contributed by atoms with Crippen LogP contribution in [0.3, 0.4) is 0 Å². The molecule has 0 amide bonds. The van der Waals surface area contributed by atoms with Crippen molar-refractivity contribution < 1.29 is 4.74 Å². The smallest absolute Gasteiger partial charge is 0.142 e. The third-order valence-corrected chi connectivity index (χ3v) is 2.73. The Labute approximate surface area is 91.0 Å². The maximum atomic E-state index is 5.33. The predicted octanol–water partition coefficient (Wildman–Crippen LogP) is 1.59. The minimum atomic E-state index is 0.506. The van der Waals surface area contributed by atoms with Crippen LogP contribution < -0.4 is 10.1 Å². The fourth-order valence-electron chi connectivity index (χ4n) is 2.15. The van der Waals surface area contributed by atoms with Crippen LogP contribution in [0.25, 0.3) is 0 Å². The monoisotopic (exact) mass is 206 g/mol. The van der Waals surface area contributed by atoms with Crippen LogP contribution in [0, 0.1) is 0 Å². The lowest BCUT2D eigenvalue weighted by molar-refractivity contribution is 0.385. The highest BCUT2D eigenvalue weighted by Crippen LogP contribution is 2.34. The average Bonchev–Trinajstić information content (AvgIpc) is 2.58. The average molecular weight is 206 g/mol. The number of fused-ring (bicyclic) bond motifs is 1. The largest absolute Gasteiger partial charge is 0.495 e. The Morgan fingerprint density at radius 1 is 1.47 bits per heavy atom. The van der Waals surface area contributed by atoms with E-state index >= 15 is 0 Å². The Bertz CT molecular complexity index is 349. The first kappa shape index (κ1) is 10.3. The summed E-state index contributed by atoms with van der Waals surface area (Å²) in [5.41, 5.74) is 2.54. The van der Waals surface area contributed by atoms with Gasteiger partial charge in [-0.1, -0.05) is 12.1 Å². The minimum absolute atomic E-state index is 0.506. The molecule has 2 rings (SSSR count). The van der Waals surface area contributed by atoms with Crippen molar-refractivity contribution in [2.45, 2.75) is 12.5 Å². The van der Waals surface area contributed by atoms with Crippen LogP contribution in [0.1, 0.15) is 5.56 Å². The second kappa shape index (κ2) is 4.11. The molecular formula is C12H18N2O. The molecule has 0 saturated carbocycles. The maximum absolute atomic E-state index is 5.33. The molecule has 0 bridgehead atoms. The highest BCUT2D eigenvalue weighted by molar-refractivity contribution is 5.66. The summed E-state index contributed by atoms with van der Waals surface area (Å²) in [7, 11) is 5.92. The molecule has 0 radical (unpaired) electrons. The van der Waals surface area contributed by atoms with Gasteiger partial charge in [0.2, 0.25) is 0 Å². The van der Waals surface area contributed by atoms with Gasteiger partial charge in [-0.25, -0.2) is 0 Å². The van der Waals surface area contributed by atoms with Crippen molar-refractivity contribution in [1.82, 2.24) is 4.90 Å². The van der Waals surface area contributed by atoms with Crippen LogP contribution in [-0.2, 0) is 6.42 Å². The zero-order chi connectivity index (χ0) is 10.8. The van der Waals surface area contributed by atoms with Gasteiger partial charge in [0.15, 0.2) is 0 Å². The fourth-order valence-corrected chi connectivity index (χ4v) is 2.15. The number of nitrogens with zero attached hydrogens (tertiary/aromatic N) is 1. The lowest BCUT2D eigenvalue weighted by atomic mass is 10.1. The van der Waals surface area contributed by atoms with Gasteiger partial charge < -0.3 is 15.0 Å². The van der Waals surface area contributed by atoms with Gasteiger partial charge in [0.25, 0.3) is 0 Å². The second-order valence-electron chi connectivity index (χ2n) is 4.30. The minimum Gasteiger partial charge on any atom is -0.495 e. The number of hydrogen-bond donors (Lipinski definition) is 1. The van der Waals surface area contributed by atoms with Gasteiger partial charge in [-0.05, 0) is 32.1 Å². The number of ether oxygens (including phenoxy) is 1. The van der Waals surface area contributed by atoms with Crippen LogP contribution >= 0.6 is 0 Å². The molecule has 1 heterocycles. The van der Waals surface area contributed by atoms with E-state index in [0.717, 1.165) is 18.7 Å². The fraction of sp³-hybridized carbons (Fsp3) is 0.500. The molecule has 1 aliphatic rings. The molecule has 3 heteroatoms. The van der Waals surface area contributed by atoms with Crippen molar-refractivity contribution in [3.63, 3.8) is 0 Å². The Balaban J connectivity index is 2.16. The Morgan fingerprint density at radius 2 is 2.27 bits per heavy atom. The predicted molar refractivity (Wildman–Crippen MR) is 62.7 cm³/mol. The first-order valence-corrected chi connectivity index (χ1v) is 5.28. The molecule has 3 nitrogen and oxygen atoms in total. The van der Waals surface area contributed by atoms with E-state index in [9.17, 15) is 0 Å². The van der Waals surface area contributed by atoms with Crippen molar-refractivity contribution in [2.24, 2.45) is 0 Å². The number of anilines is 1. The quantitative estimate of drug-likeness (QED) is 0.813. The summed E-state index contributed by atoms with van der Waals surface area (Å²) >= 11 is 0. The van der Waals surface area contributed by atoms with Gasteiger partial charge in [0, 0.05) is 12.6 Å². The van der Waals surface area contributed by atoms with Crippen molar-refractivity contribution in [3.8, 4) is 5.75 Å². The van der Waals surface area contributed by atoms with Crippen LogP contribution in [0.2, 0.25) is 0 Å².